The van der Waals surface area contributed by atoms with Gasteiger partial charge in [-0.2, -0.15) is 0 Å². The first kappa shape index (κ1) is 28.0. The Hall–Kier alpha value is -3.20. The summed E-state index contributed by atoms with van der Waals surface area (Å²) in [6.07, 6.45) is 3.86. The molecule has 186 valence electrons. The summed E-state index contributed by atoms with van der Waals surface area (Å²) in [5, 5.41) is 0. The molecule has 2 aromatic heterocycles. The summed E-state index contributed by atoms with van der Waals surface area (Å²) >= 11 is 0. The van der Waals surface area contributed by atoms with E-state index in [1.165, 1.54) is 44.8 Å². The Balaban J connectivity index is 0.00000103. The lowest BCUT2D eigenvalue weighted by atomic mass is 9.92. The molecule has 1 N–H and O–H groups in total. The van der Waals surface area contributed by atoms with Gasteiger partial charge in [-0.25, -0.2) is 0 Å². The summed E-state index contributed by atoms with van der Waals surface area (Å²) in [5.74, 6) is 0. The van der Waals surface area contributed by atoms with Gasteiger partial charge in [0.1, 0.15) is 0 Å². The van der Waals surface area contributed by atoms with Crippen molar-refractivity contribution in [3.63, 3.8) is 0 Å². The smallest absolute Gasteiger partial charge is 0.0764 e. The van der Waals surface area contributed by atoms with E-state index >= 15 is 0 Å². The van der Waals surface area contributed by atoms with Gasteiger partial charge in [-0.3, -0.25) is 9.98 Å². The van der Waals surface area contributed by atoms with Gasteiger partial charge in [0.2, 0.25) is 0 Å². The molecule has 3 heteroatoms. The molecule has 0 atom stereocenters. The Bertz CT molecular complexity index is 1200. The Morgan fingerprint density at radius 3 is 1.97 bits per heavy atom. The normalized spacial score (nSPS) is 14.1. The number of nitrogens with zero attached hydrogens (tertiary/aromatic N) is 2. The highest BCUT2D eigenvalue weighted by Crippen LogP contribution is 2.39. The molecule has 0 bridgehead atoms. The number of pyridine rings is 1. The lowest BCUT2D eigenvalue weighted by Gasteiger charge is -2.13. The first-order chi connectivity index (χ1) is 17.0. The van der Waals surface area contributed by atoms with E-state index in [2.05, 4.69) is 75.8 Å². The minimum atomic E-state index is 0.988. The second-order valence-electron chi connectivity index (χ2n) is 8.25. The molecule has 0 aliphatic carbocycles. The second-order valence-corrected chi connectivity index (χ2v) is 8.25. The Morgan fingerprint density at radius 1 is 0.829 bits per heavy atom. The van der Waals surface area contributed by atoms with Crippen molar-refractivity contribution in [3.05, 3.63) is 93.6 Å². The van der Waals surface area contributed by atoms with Crippen molar-refractivity contribution in [3.8, 4) is 11.3 Å². The summed E-state index contributed by atoms with van der Waals surface area (Å²) in [6, 6.07) is 14.8. The highest BCUT2D eigenvalue weighted by Gasteiger charge is 2.24. The Labute approximate surface area is 213 Å². The minimum absolute atomic E-state index is 0.988. The Morgan fingerprint density at radius 2 is 1.49 bits per heavy atom. The van der Waals surface area contributed by atoms with Crippen LogP contribution in [0.2, 0.25) is 0 Å². The molecule has 3 heterocycles. The topological polar surface area (TPSA) is 41.0 Å². The largest absolute Gasteiger partial charge is 0.358 e. The molecular weight excluding hydrogens is 426 g/mol. The number of aryl methyl sites for hydroxylation is 1. The third-order valence-electron chi connectivity index (χ3n) is 6.45. The molecule has 4 rings (SSSR count). The lowest BCUT2D eigenvalue weighted by molar-refractivity contribution is 1.08. The van der Waals surface area contributed by atoms with Gasteiger partial charge in [0.15, 0.2) is 0 Å². The number of allylic oxidation sites excluding steroid dienone is 2. The van der Waals surface area contributed by atoms with E-state index in [1.807, 2.05) is 52.1 Å². The van der Waals surface area contributed by atoms with Crippen molar-refractivity contribution in [2.45, 2.75) is 82.1 Å². The van der Waals surface area contributed by atoms with Gasteiger partial charge >= 0.3 is 0 Å². The zero-order valence-electron chi connectivity index (χ0n) is 23.4. The number of rotatable bonds is 5. The van der Waals surface area contributed by atoms with Crippen molar-refractivity contribution in [1.82, 2.24) is 9.97 Å². The maximum absolute atomic E-state index is 5.05. The van der Waals surface area contributed by atoms with E-state index in [4.69, 9.17) is 4.99 Å². The van der Waals surface area contributed by atoms with E-state index in [9.17, 15) is 0 Å². The highest BCUT2D eigenvalue weighted by atomic mass is 14.8. The fraction of sp³-hybridized carbons (Fsp3) is 0.375. The van der Waals surface area contributed by atoms with Gasteiger partial charge in [-0.05, 0) is 80.5 Å². The zero-order valence-corrected chi connectivity index (χ0v) is 23.4. The predicted octanol–water partition coefficient (Wildman–Crippen LogP) is 9.27. The molecule has 1 aliphatic rings. The number of aromatic nitrogens is 2. The van der Waals surface area contributed by atoms with E-state index in [-0.39, 0.29) is 0 Å². The maximum atomic E-state index is 5.05. The quantitative estimate of drug-likeness (QED) is 0.397. The number of nitrogens with one attached hydrogen (secondary N) is 1. The average molecular weight is 470 g/mol. The van der Waals surface area contributed by atoms with Crippen LogP contribution in [0.4, 0.5) is 0 Å². The molecule has 1 aliphatic heterocycles. The van der Waals surface area contributed by atoms with Crippen LogP contribution in [-0.4, -0.2) is 15.7 Å². The predicted molar refractivity (Wildman–Crippen MR) is 154 cm³/mol. The van der Waals surface area contributed by atoms with Crippen LogP contribution < -0.4 is 0 Å². The Kier molecular flexibility index (Phi) is 10.4. The van der Waals surface area contributed by atoms with Gasteiger partial charge in [0.05, 0.1) is 17.1 Å². The molecule has 0 saturated heterocycles. The van der Waals surface area contributed by atoms with Gasteiger partial charge in [0, 0.05) is 28.7 Å². The van der Waals surface area contributed by atoms with Crippen molar-refractivity contribution in [2.24, 2.45) is 4.99 Å². The van der Waals surface area contributed by atoms with Gasteiger partial charge in [-0.15, -0.1) is 0 Å². The van der Waals surface area contributed by atoms with Crippen LogP contribution in [0.5, 0.6) is 0 Å². The van der Waals surface area contributed by atoms with E-state index in [0.29, 0.717) is 0 Å². The first-order valence-electron chi connectivity index (χ1n) is 13.2. The van der Waals surface area contributed by atoms with E-state index in [1.54, 1.807) is 0 Å². The second kappa shape index (κ2) is 13.0. The number of hydrogen-bond donors (Lipinski definition) is 1. The molecule has 1 aromatic carbocycles. The van der Waals surface area contributed by atoms with Crippen molar-refractivity contribution < 1.29 is 0 Å². The number of aliphatic imine (C=N–C) groups is 1. The van der Waals surface area contributed by atoms with Crippen LogP contribution in [0.15, 0.2) is 70.5 Å². The van der Waals surface area contributed by atoms with Crippen LogP contribution in [0, 0.1) is 13.8 Å². The molecule has 0 fully saturated rings. The summed E-state index contributed by atoms with van der Waals surface area (Å²) < 4.78 is 0. The van der Waals surface area contributed by atoms with Gasteiger partial charge in [-0.1, -0.05) is 71.9 Å². The summed E-state index contributed by atoms with van der Waals surface area (Å²) in [6.45, 7) is 21.2. The van der Waals surface area contributed by atoms with Crippen LogP contribution in [0.25, 0.3) is 16.8 Å². The van der Waals surface area contributed by atoms with Gasteiger partial charge in [0.25, 0.3) is 0 Å². The number of hydrogen-bond acceptors (Lipinski definition) is 2. The summed E-state index contributed by atoms with van der Waals surface area (Å²) in [4.78, 5) is 13.2. The number of benzene rings is 1. The SMILES string of the molecule is CC.CC.CCC1=C(C)/C(=C(\c2ccc(-c3ccccn3)cc2)c2[nH]c(C)c(CC)c2C)N=C1C. The molecular formula is C32H43N3. The van der Waals surface area contributed by atoms with E-state index in [0.717, 1.165) is 35.5 Å². The molecule has 3 nitrogen and oxygen atoms in total. The van der Waals surface area contributed by atoms with Crippen LogP contribution in [0.3, 0.4) is 0 Å². The van der Waals surface area contributed by atoms with Crippen LogP contribution >= 0.6 is 0 Å². The van der Waals surface area contributed by atoms with E-state index < -0.39 is 0 Å². The standard InChI is InChI=1S/C28H31N3.2C2H6/c1-7-23-17(3)27(30-19(23)5)26(28-18(4)24(8-2)20(6)31-28)22-14-12-21(13-15-22)25-11-9-10-16-29-25;2*1-2/h9-16,30H,7-8H2,1-6H3;2*1-2H3/b28-26-;;. The molecule has 0 unspecified atom stereocenters. The zero-order chi connectivity index (χ0) is 26.1. The molecule has 3 aromatic rings. The molecule has 35 heavy (non-hydrogen) atoms. The third-order valence-corrected chi connectivity index (χ3v) is 6.45. The maximum Gasteiger partial charge on any atom is 0.0764 e. The van der Waals surface area contributed by atoms with Gasteiger partial charge < -0.3 is 4.98 Å². The van der Waals surface area contributed by atoms with Crippen LogP contribution in [0.1, 0.15) is 89.9 Å². The summed E-state index contributed by atoms with van der Waals surface area (Å²) in [7, 11) is 0. The monoisotopic (exact) mass is 469 g/mol. The average Bonchev–Trinajstić information content (AvgIpc) is 3.35. The molecule has 0 saturated carbocycles. The molecule has 0 amide bonds. The molecule has 0 spiro atoms. The fourth-order valence-electron chi connectivity index (χ4n) is 4.81. The minimum Gasteiger partial charge on any atom is -0.358 e. The number of H-pyrrole nitrogens is 1. The summed E-state index contributed by atoms with van der Waals surface area (Å²) in [5.41, 5.74) is 14.5. The molecule has 0 radical (unpaired) electrons. The first-order valence-corrected chi connectivity index (χ1v) is 13.2. The van der Waals surface area contributed by atoms with Crippen molar-refractivity contribution in [2.75, 3.05) is 0 Å². The third kappa shape index (κ3) is 5.73. The van der Waals surface area contributed by atoms with Crippen molar-refractivity contribution in [1.29, 1.82) is 0 Å². The van der Waals surface area contributed by atoms with Crippen molar-refractivity contribution >= 4 is 11.3 Å². The lowest BCUT2D eigenvalue weighted by Crippen LogP contribution is -1.97. The fourth-order valence-corrected chi connectivity index (χ4v) is 4.81. The highest BCUT2D eigenvalue weighted by molar-refractivity contribution is 6.05. The van der Waals surface area contributed by atoms with Crippen LogP contribution in [-0.2, 0) is 6.42 Å². The number of aromatic amines is 1.